The highest BCUT2D eigenvalue weighted by Crippen LogP contribution is 2.36. The second-order valence-corrected chi connectivity index (χ2v) is 7.72. The minimum Gasteiger partial charge on any atom is -0.497 e. The van der Waals surface area contributed by atoms with Gasteiger partial charge in [-0.25, -0.2) is 0 Å². The summed E-state index contributed by atoms with van der Waals surface area (Å²) in [5.74, 6) is 1.24. The van der Waals surface area contributed by atoms with Crippen molar-refractivity contribution in [2.45, 2.75) is 45.6 Å². The van der Waals surface area contributed by atoms with Crippen LogP contribution < -0.4 is 10.1 Å². The number of amides is 1. The highest BCUT2D eigenvalue weighted by atomic mass is 16.5. The molecule has 142 valence electrons. The third-order valence-electron chi connectivity index (χ3n) is 5.21. The van der Waals surface area contributed by atoms with Gasteiger partial charge in [-0.2, -0.15) is 5.10 Å². The Morgan fingerprint density at radius 1 is 1.37 bits per heavy atom. The monoisotopic (exact) mass is 366 g/mol. The van der Waals surface area contributed by atoms with Crippen molar-refractivity contribution in [1.29, 1.82) is 0 Å². The van der Waals surface area contributed by atoms with Crippen LogP contribution in [0.3, 0.4) is 0 Å². The lowest BCUT2D eigenvalue weighted by molar-refractivity contribution is 0.0927. The van der Waals surface area contributed by atoms with Crippen molar-refractivity contribution < 1.29 is 9.53 Å². The maximum Gasteiger partial charge on any atom is 0.272 e. The number of rotatable bonds is 5. The molecular formula is C21H26N4O2. The van der Waals surface area contributed by atoms with Gasteiger partial charge in [-0.15, -0.1) is 0 Å². The zero-order chi connectivity index (χ0) is 19.0. The Bertz CT molecular complexity index is 970. The molecule has 4 rings (SSSR count). The van der Waals surface area contributed by atoms with E-state index in [1.165, 1.54) is 10.9 Å². The minimum absolute atomic E-state index is 0.0232. The number of fused-ring (bicyclic) bond motifs is 3. The maximum atomic E-state index is 12.7. The molecule has 0 aliphatic heterocycles. The molecule has 0 bridgehead atoms. The minimum atomic E-state index is -0.129. The van der Waals surface area contributed by atoms with Crippen LogP contribution in [0.5, 0.6) is 5.75 Å². The zero-order valence-corrected chi connectivity index (χ0v) is 16.1. The van der Waals surface area contributed by atoms with E-state index in [0.29, 0.717) is 11.6 Å². The predicted octanol–water partition coefficient (Wildman–Crippen LogP) is 3.91. The molecule has 1 aromatic carbocycles. The summed E-state index contributed by atoms with van der Waals surface area (Å²) in [6, 6.07) is 7.90. The molecule has 1 aliphatic carbocycles. The first-order valence-corrected chi connectivity index (χ1v) is 9.58. The number of nitrogens with one attached hydrogen (secondary N) is 3. The summed E-state index contributed by atoms with van der Waals surface area (Å²) in [7, 11) is 1.68. The quantitative estimate of drug-likeness (QED) is 0.640. The molecule has 6 nitrogen and oxygen atoms in total. The van der Waals surface area contributed by atoms with Gasteiger partial charge in [-0.3, -0.25) is 9.89 Å². The van der Waals surface area contributed by atoms with E-state index in [1.54, 1.807) is 7.11 Å². The van der Waals surface area contributed by atoms with Crippen LogP contribution in [0.15, 0.2) is 24.3 Å². The second-order valence-electron chi connectivity index (χ2n) is 7.72. The topological polar surface area (TPSA) is 82.8 Å². The molecule has 1 atom stereocenters. The molecule has 2 aromatic heterocycles. The van der Waals surface area contributed by atoms with Crippen molar-refractivity contribution in [3.63, 3.8) is 0 Å². The van der Waals surface area contributed by atoms with Crippen molar-refractivity contribution in [2.75, 3.05) is 7.11 Å². The van der Waals surface area contributed by atoms with Crippen molar-refractivity contribution in [3.05, 3.63) is 46.9 Å². The SMILES string of the molecule is COc1ccc2[nH]c3c(c2c1)CCC[C@H]3NC(=O)c1cc(CC(C)C)[nH]n1. The van der Waals surface area contributed by atoms with Crippen molar-refractivity contribution in [1.82, 2.24) is 20.5 Å². The number of carbonyl (C=O) groups is 1. The number of nitrogens with zero attached hydrogens (tertiary/aromatic N) is 1. The Kier molecular flexibility index (Phi) is 4.64. The van der Waals surface area contributed by atoms with Gasteiger partial charge in [-0.05, 0) is 61.4 Å². The predicted molar refractivity (Wildman–Crippen MR) is 105 cm³/mol. The highest BCUT2D eigenvalue weighted by Gasteiger charge is 2.26. The van der Waals surface area contributed by atoms with Gasteiger partial charge in [0.05, 0.1) is 13.2 Å². The molecule has 0 fully saturated rings. The number of aromatic nitrogens is 3. The van der Waals surface area contributed by atoms with Crippen LogP contribution in [-0.4, -0.2) is 28.2 Å². The van der Waals surface area contributed by atoms with Crippen LogP contribution in [0, 0.1) is 5.92 Å². The standard InChI is InChI=1S/C21H26N4O2/c1-12(2)9-13-10-19(25-24-13)21(26)23-18-6-4-5-15-16-11-14(27-3)7-8-17(16)22-20(15)18/h7-8,10-12,18,22H,4-6,9H2,1-3H3,(H,23,26)(H,24,25)/t18-/m1/s1. The summed E-state index contributed by atoms with van der Waals surface area (Å²) in [5.41, 5.74) is 4.92. The van der Waals surface area contributed by atoms with Crippen LogP contribution in [0.4, 0.5) is 0 Å². The van der Waals surface area contributed by atoms with Gasteiger partial charge in [-0.1, -0.05) is 13.8 Å². The van der Waals surface area contributed by atoms with E-state index < -0.39 is 0 Å². The second kappa shape index (κ2) is 7.10. The molecule has 0 radical (unpaired) electrons. The molecule has 1 amide bonds. The molecule has 2 heterocycles. The molecule has 1 aliphatic rings. The fourth-order valence-corrected chi connectivity index (χ4v) is 3.97. The summed E-state index contributed by atoms with van der Waals surface area (Å²) in [5, 5.41) is 11.5. The zero-order valence-electron chi connectivity index (χ0n) is 16.1. The summed E-state index contributed by atoms with van der Waals surface area (Å²) in [6.07, 6.45) is 3.86. The van der Waals surface area contributed by atoms with Gasteiger partial charge in [0.2, 0.25) is 0 Å². The summed E-state index contributed by atoms with van der Waals surface area (Å²) in [4.78, 5) is 16.2. The number of aryl methyl sites for hydroxylation is 1. The van der Waals surface area contributed by atoms with Crippen LogP contribution in [0.2, 0.25) is 0 Å². The van der Waals surface area contributed by atoms with E-state index in [-0.39, 0.29) is 11.9 Å². The van der Waals surface area contributed by atoms with Crippen LogP contribution in [0.1, 0.15) is 60.2 Å². The third kappa shape index (κ3) is 3.44. The smallest absolute Gasteiger partial charge is 0.272 e. The average molecular weight is 366 g/mol. The number of carbonyl (C=O) groups excluding carboxylic acids is 1. The number of hydrogen-bond donors (Lipinski definition) is 3. The number of ether oxygens (including phenoxy) is 1. The molecule has 0 unspecified atom stereocenters. The summed E-state index contributed by atoms with van der Waals surface area (Å²) in [6.45, 7) is 4.30. The van der Waals surface area contributed by atoms with Gasteiger partial charge in [0.1, 0.15) is 11.4 Å². The largest absolute Gasteiger partial charge is 0.497 e. The first kappa shape index (κ1) is 17.6. The lowest BCUT2D eigenvalue weighted by Gasteiger charge is -2.23. The Morgan fingerprint density at radius 2 is 2.22 bits per heavy atom. The van der Waals surface area contributed by atoms with E-state index >= 15 is 0 Å². The summed E-state index contributed by atoms with van der Waals surface area (Å²) >= 11 is 0. The van der Waals surface area contributed by atoms with Crippen LogP contribution in [-0.2, 0) is 12.8 Å². The fourth-order valence-electron chi connectivity index (χ4n) is 3.97. The molecule has 0 spiro atoms. The average Bonchev–Trinajstić information content (AvgIpc) is 3.26. The van der Waals surface area contributed by atoms with E-state index in [2.05, 4.69) is 40.4 Å². The van der Waals surface area contributed by atoms with E-state index in [0.717, 1.165) is 48.3 Å². The number of aromatic amines is 2. The lowest BCUT2D eigenvalue weighted by Crippen LogP contribution is -2.31. The van der Waals surface area contributed by atoms with Gasteiger partial charge in [0, 0.05) is 22.3 Å². The molecule has 0 saturated heterocycles. The highest BCUT2D eigenvalue weighted by molar-refractivity contribution is 5.93. The Hall–Kier alpha value is -2.76. The number of methoxy groups -OCH3 is 1. The number of benzene rings is 1. The fraction of sp³-hybridized carbons (Fsp3) is 0.429. The lowest BCUT2D eigenvalue weighted by atomic mass is 9.91. The summed E-state index contributed by atoms with van der Waals surface area (Å²) < 4.78 is 5.37. The van der Waals surface area contributed by atoms with Gasteiger partial charge in [0.15, 0.2) is 0 Å². The van der Waals surface area contributed by atoms with Gasteiger partial charge >= 0.3 is 0 Å². The molecule has 3 aromatic rings. The normalized spacial score (nSPS) is 16.5. The Balaban J connectivity index is 1.57. The van der Waals surface area contributed by atoms with Crippen molar-refractivity contribution in [3.8, 4) is 5.75 Å². The maximum absolute atomic E-state index is 12.7. The first-order valence-electron chi connectivity index (χ1n) is 9.58. The Morgan fingerprint density at radius 3 is 3.00 bits per heavy atom. The third-order valence-corrected chi connectivity index (χ3v) is 5.21. The van der Waals surface area contributed by atoms with Gasteiger partial charge < -0.3 is 15.0 Å². The van der Waals surface area contributed by atoms with Crippen LogP contribution in [0.25, 0.3) is 10.9 Å². The van der Waals surface area contributed by atoms with E-state index in [9.17, 15) is 4.79 Å². The Labute approximate surface area is 158 Å². The molecule has 3 N–H and O–H groups in total. The van der Waals surface area contributed by atoms with Gasteiger partial charge in [0.25, 0.3) is 5.91 Å². The number of H-pyrrole nitrogens is 2. The van der Waals surface area contributed by atoms with E-state index in [4.69, 9.17) is 4.74 Å². The molecule has 27 heavy (non-hydrogen) atoms. The first-order chi connectivity index (χ1) is 13.0. The molecule has 6 heteroatoms. The number of hydrogen-bond acceptors (Lipinski definition) is 3. The molecule has 0 saturated carbocycles. The van der Waals surface area contributed by atoms with Crippen molar-refractivity contribution >= 4 is 16.8 Å². The van der Waals surface area contributed by atoms with Crippen LogP contribution >= 0.6 is 0 Å². The van der Waals surface area contributed by atoms with Crippen molar-refractivity contribution in [2.24, 2.45) is 5.92 Å². The van der Waals surface area contributed by atoms with E-state index in [1.807, 2.05) is 18.2 Å². The molecular weight excluding hydrogens is 340 g/mol.